The van der Waals surface area contributed by atoms with Gasteiger partial charge in [-0.1, -0.05) is 23.7 Å². The van der Waals surface area contributed by atoms with Crippen LogP contribution in [0.3, 0.4) is 0 Å². The third-order valence-electron chi connectivity index (χ3n) is 2.68. The first kappa shape index (κ1) is 18.6. The molecular formula is C14H17ClF3NO3. The van der Waals surface area contributed by atoms with Crippen molar-refractivity contribution in [1.82, 2.24) is 5.32 Å². The molecule has 0 aliphatic rings. The second-order valence-corrected chi connectivity index (χ2v) is 6.16. The Hall–Kier alpha value is -1.47. The number of rotatable bonds is 3. The fourth-order valence-corrected chi connectivity index (χ4v) is 1.73. The minimum absolute atomic E-state index is 0.230. The quantitative estimate of drug-likeness (QED) is 0.884. The van der Waals surface area contributed by atoms with E-state index in [4.69, 9.17) is 16.3 Å². The van der Waals surface area contributed by atoms with E-state index >= 15 is 0 Å². The maximum Gasteiger partial charge on any atom is 0.423 e. The smallest absolute Gasteiger partial charge is 0.423 e. The highest BCUT2D eigenvalue weighted by Gasteiger charge is 2.55. The molecule has 0 bridgehead atoms. The average molecular weight is 340 g/mol. The molecule has 0 aliphatic heterocycles. The lowest BCUT2D eigenvalue weighted by Gasteiger charge is -2.31. The average Bonchev–Trinajstić information content (AvgIpc) is 2.33. The van der Waals surface area contributed by atoms with Gasteiger partial charge in [0.15, 0.2) is 0 Å². The first-order valence-corrected chi connectivity index (χ1v) is 6.75. The van der Waals surface area contributed by atoms with Crippen molar-refractivity contribution in [2.75, 3.05) is 6.54 Å². The highest BCUT2D eigenvalue weighted by atomic mass is 35.5. The molecule has 0 aliphatic carbocycles. The Bertz CT molecular complexity index is 526. The molecule has 8 heteroatoms. The monoisotopic (exact) mass is 339 g/mol. The van der Waals surface area contributed by atoms with E-state index in [1.807, 2.05) is 5.32 Å². The fraction of sp³-hybridized carbons (Fsp3) is 0.500. The van der Waals surface area contributed by atoms with Crippen LogP contribution in [0.5, 0.6) is 0 Å². The van der Waals surface area contributed by atoms with E-state index in [1.165, 1.54) is 12.1 Å². The number of nitrogens with one attached hydrogen (secondary N) is 1. The van der Waals surface area contributed by atoms with E-state index in [9.17, 15) is 23.1 Å². The number of carbonyl (C=O) groups is 1. The van der Waals surface area contributed by atoms with Gasteiger partial charge in [0.05, 0.1) is 6.54 Å². The summed E-state index contributed by atoms with van der Waals surface area (Å²) in [6.07, 6.45) is -6.04. The minimum Gasteiger partial charge on any atom is -0.444 e. The summed E-state index contributed by atoms with van der Waals surface area (Å²) < 4.78 is 44.5. The molecule has 1 aromatic rings. The van der Waals surface area contributed by atoms with Crippen LogP contribution in [0.25, 0.3) is 0 Å². The van der Waals surface area contributed by atoms with Gasteiger partial charge >= 0.3 is 12.3 Å². The molecule has 0 heterocycles. The Labute approximate surface area is 131 Å². The Morgan fingerprint density at radius 1 is 1.23 bits per heavy atom. The molecule has 1 rings (SSSR count). The van der Waals surface area contributed by atoms with E-state index in [1.54, 1.807) is 20.8 Å². The van der Waals surface area contributed by atoms with Crippen molar-refractivity contribution in [3.8, 4) is 0 Å². The van der Waals surface area contributed by atoms with Crippen LogP contribution in [0.4, 0.5) is 18.0 Å². The normalized spacial score (nSPS) is 15.1. The Morgan fingerprint density at radius 2 is 1.73 bits per heavy atom. The van der Waals surface area contributed by atoms with Gasteiger partial charge in [0.25, 0.3) is 0 Å². The van der Waals surface area contributed by atoms with Crippen LogP contribution in [0.15, 0.2) is 24.3 Å². The highest BCUT2D eigenvalue weighted by Crippen LogP contribution is 2.38. The van der Waals surface area contributed by atoms with Gasteiger partial charge < -0.3 is 15.2 Å². The number of hydrogen-bond acceptors (Lipinski definition) is 3. The molecule has 2 N–H and O–H groups in total. The fourth-order valence-electron chi connectivity index (χ4n) is 1.61. The van der Waals surface area contributed by atoms with Crippen molar-refractivity contribution in [2.45, 2.75) is 38.1 Å². The molecule has 22 heavy (non-hydrogen) atoms. The third-order valence-corrected chi connectivity index (χ3v) is 2.93. The van der Waals surface area contributed by atoms with Crippen molar-refractivity contribution in [1.29, 1.82) is 0 Å². The zero-order chi connectivity index (χ0) is 17.2. The van der Waals surface area contributed by atoms with Gasteiger partial charge in [-0.25, -0.2) is 4.79 Å². The van der Waals surface area contributed by atoms with Crippen LogP contribution in [0.1, 0.15) is 26.3 Å². The maximum absolute atomic E-state index is 13.2. The van der Waals surface area contributed by atoms with Crippen LogP contribution in [0, 0.1) is 0 Å². The predicted molar refractivity (Wildman–Crippen MR) is 75.6 cm³/mol. The highest BCUT2D eigenvalue weighted by molar-refractivity contribution is 6.30. The molecule has 124 valence electrons. The lowest BCUT2D eigenvalue weighted by atomic mass is 9.93. The minimum atomic E-state index is -4.99. The van der Waals surface area contributed by atoms with Crippen LogP contribution < -0.4 is 5.32 Å². The molecular weight excluding hydrogens is 323 g/mol. The van der Waals surface area contributed by atoms with Gasteiger partial charge in [0.1, 0.15) is 5.60 Å². The number of alkyl carbamates (subject to hydrolysis) is 1. The summed E-state index contributed by atoms with van der Waals surface area (Å²) >= 11 is 5.62. The van der Waals surface area contributed by atoms with Gasteiger partial charge in [-0.3, -0.25) is 0 Å². The summed E-state index contributed by atoms with van der Waals surface area (Å²) in [5.74, 6) is 0. The second-order valence-electron chi connectivity index (χ2n) is 5.72. The van der Waals surface area contributed by atoms with Gasteiger partial charge in [-0.15, -0.1) is 0 Å². The van der Waals surface area contributed by atoms with Crippen molar-refractivity contribution in [2.24, 2.45) is 0 Å². The van der Waals surface area contributed by atoms with E-state index in [0.29, 0.717) is 0 Å². The van der Waals surface area contributed by atoms with Crippen LogP contribution in [-0.2, 0) is 10.3 Å². The molecule has 0 spiro atoms. The molecule has 4 nitrogen and oxygen atoms in total. The lowest BCUT2D eigenvalue weighted by Crippen LogP contribution is -2.51. The van der Waals surface area contributed by atoms with Gasteiger partial charge in [0.2, 0.25) is 5.60 Å². The summed E-state index contributed by atoms with van der Waals surface area (Å²) in [7, 11) is 0. The summed E-state index contributed by atoms with van der Waals surface area (Å²) in [6, 6.07) is 4.54. The van der Waals surface area contributed by atoms with E-state index in [2.05, 4.69) is 0 Å². The molecule has 1 aromatic carbocycles. The number of amides is 1. The van der Waals surface area contributed by atoms with E-state index in [0.717, 1.165) is 12.1 Å². The van der Waals surface area contributed by atoms with Gasteiger partial charge in [-0.05, 0) is 38.5 Å². The summed E-state index contributed by atoms with van der Waals surface area (Å²) in [4.78, 5) is 11.5. The zero-order valence-corrected chi connectivity index (χ0v) is 13.0. The second kappa shape index (κ2) is 6.34. The standard InChI is InChI=1S/C14H17ClF3NO3/c1-12(2,3)22-11(20)19-8-13(21,14(16,17)18)9-4-6-10(15)7-5-9/h4-7,21H,8H2,1-3H3,(H,19,20). The van der Waals surface area contributed by atoms with Crippen LogP contribution in [0.2, 0.25) is 5.02 Å². The number of ether oxygens (including phenoxy) is 1. The number of benzene rings is 1. The Morgan fingerprint density at radius 3 is 2.14 bits per heavy atom. The number of hydrogen-bond donors (Lipinski definition) is 2. The predicted octanol–water partition coefficient (Wildman–Crippen LogP) is 3.61. The number of carbonyl (C=O) groups excluding carboxylic acids is 1. The Kier molecular flexibility index (Phi) is 5.35. The molecule has 0 saturated heterocycles. The van der Waals surface area contributed by atoms with Crippen LogP contribution in [-0.4, -0.2) is 29.5 Å². The molecule has 0 fully saturated rings. The lowest BCUT2D eigenvalue weighted by molar-refractivity contribution is -0.263. The largest absolute Gasteiger partial charge is 0.444 e. The van der Waals surface area contributed by atoms with E-state index in [-0.39, 0.29) is 5.02 Å². The zero-order valence-electron chi connectivity index (χ0n) is 12.3. The third kappa shape index (κ3) is 4.78. The van der Waals surface area contributed by atoms with Crippen molar-refractivity contribution in [3.05, 3.63) is 34.9 Å². The first-order valence-electron chi connectivity index (χ1n) is 6.37. The maximum atomic E-state index is 13.2. The summed E-state index contributed by atoms with van der Waals surface area (Å²) in [5.41, 5.74) is -4.53. The molecule has 1 unspecified atom stereocenters. The number of alkyl halides is 3. The van der Waals surface area contributed by atoms with Crippen molar-refractivity contribution in [3.63, 3.8) is 0 Å². The molecule has 1 amide bonds. The molecule has 0 aromatic heterocycles. The SMILES string of the molecule is CC(C)(C)OC(=O)NCC(O)(c1ccc(Cl)cc1)C(F)(F)F. The van der Waals surface area contributed by atoms with Crippen molar-refractivity contribution >= 4 is 17.7 Å². The number of halogens is 4. The van der Waals surface area contributed by atoms with Gasteiger partial charge in [0, 0.05) is 5.02 Å². The summed E-state index contributed by atoms with van der Waals surface area (Å²) in [6.45, 7) is 3.64. The molecule has 0 saturated carbocycles. The van der Waals surface area contributed by atoms with E-state index < -0.39 is 35.6 Å². The van der Waals surface area contributed by atoms with Crippen LogP contribution >= 0.6 is 11.6 Å². The number of aliphatic hydroxyl groups is 1. The van der Waals surface area contributed by atoms with Crippen molar-refractivity contribution < 1.29 is 27.8 Å². The van der Waals surface area contributed by atoms with Gasteiger partial charge in [-0.2, -0.15) is 13.2 Å². The first-order chi connectivity index (χ1) is 9.85. The molecule has 1 atom stereocenters. The molecule has 0 radical (unpaired) electrons. The summed E-state index contributed by atoms with van der Waals surface area (Å²) in [5, 5.41) is 12.2. The topological polar surface area (TPSA) is 58.6 Å². The Balaban J connectivity index is 2.95.